The molecule has 3 heteroatoms. The molecule has 0 aromatic rings. The zero-order valence-electron chi connectivity index (χ0n) is 5.22. The predicted molar refractivity (Wildman–Crippen MR) is 34.2 cm³/mol. The van der Waals surface area contributed by atoms with Crippen molar-refractivity contribution in [3.8, 4) is 0 Å². The highest BCUT2D eigenvalue weighted by Crippen LogP contribution is 2.19. The highest BCUT2D eigenvalue weighted by Gasteiger charge is 2.14. The number of hydrogen-bond acceptors (Lipinski definition) is 3. The molecule has 0 atom stereocenters. The summed E-state index contributed by atoms with van der Waals surface area (Å²) in [5, 5.41) is 11.2. The van der Waals surface area contributed by atoms with Crippen LogP contribution >= 0.6 is 0 Å². The molecule has 2 rings (SSSR count). The molecule has 0 saturated carbocycles. The van der Waals surface area contributed by atoms with Gasteiger partial charge in [-0.15, -0.1) is 0 Å². The lowest BCUT2D eigenvalue weighted by atomic mass is 10.1. The Balaban J connectivity index is 2.24. The fourth-order valence-corrected chi connectivity index (χ4v) is 1.20. The number of nitrogens with one attached hydrogen (secondary N) is 1. The van der Waals surface area contributed by atoms with Gasteiger partial charge in [0.15, 0.2) is 0 Å². The molecule has 0 aromatic carbocycles. The lowest BCUT2D eigenvalue weighted by Crippen LogP contribution is -2.23. The van der Waals surface area contributed by atoms with Crippen LogP contribution in [0.2, 0.25) is 0 Å². The van der Waals surface area contributed by atoms with Crippen LogP contribution in [0.25, 0.3) is 0 Å². The van der Waals surface area contributed by atoms with Gasteiger partial charge in [0.05, 0.1) is 12.2 Å². The monoisotopic (exact) mass is 123 g/mol. The van der Waals surface area contributed by atoms with Gasteiger partial charge in [-0.1, -0.05) is 0 Å². The van der Waals surface area contributed by atoms with Crippen LogP contribution in [0.5, 0.6) is 0 Å². The van der Waals surface area contributed by atoms with Crippen LogP contribution in [0.3, 0.4) is 0 Å². The van der Waals surface area contributed by atoms with Crippen molar-refractivity contribution in [1.29, 1.82) is 0 Å². The molecular formula is C6H9N3. The quantitative estimate of drug-likeness (QED) is 0.505. The fourth-order valence-electron chi connectivity index (χ4n) is 1.20. The Bertz CT molecular complexity index is 181. The third-order valence-electron chi connectivity index (χ3n) is 1.76. The molecule has 2 heterocycles. The third kappa shape index (κ3) is 0.772. The van der Waals surface area contributed by atoms with Crippen LogP contribution in [-0.4, -0.2) is 19.6 Å². The Morgan fingerprint density at radius 2 is 2.44 bits per heavy atom. The summed E-state index contributed by atoms with van der Waals surface area (Å²) < 4.78 is 0. The van der Waals surface area contributed by atoms with Gasteiger partial charge in [0.1, 0.15) is 0 Å². The fraction of sp³-hybridized carbons (Fsp3) is 0.667. The van der Waals surface area contributed by atoms with Crippen molar-refractivity contribution in [2.24, 2.45) is 10.2 Å². The van der Waals surface area contributed by atoms with Crippen molar-refractivity contribution in [3.63, 3.8) is 0 Å². The Hall–Kier alpha value is -0.700. The first-order valence-electron chi connectivity index (χ1n) is 3.26. The normalized spacial score (nSPS) is 24.9. The zero-order chi connectivity index (χ0) is 6.10. The summed E-state index contributed by atoms with van der Waals surface area (Å²) in [7, 11) is 0. The summed E-state index contributed by atoms with van der Waals surface area (Å²) in [5.74, 6) is 0. The van der Waals surface area contributed by atoms with E-state index in [4.69, 9.17) is 0 Å². The standard InChI is InChI=1S/C6H9N3/c1-2-7-4-6-5(1)3-8-9-6/h7H,1-4H2. The summed E-state index contributed by atoms with van der Waals surface area (Å²) in [6.45, 7) is 2.89. The topological polar surface area (TPSA) is 36.8 Å². The third-order valence-corrected chi connectivity index (χ3v) is 1.76. The minimum Gasteiger partial charge on any atom is -0.311 e. The highest BCUT2D eigenvalue weighted by molar-refractivity contribution is 5.21. The van der Waals surface area contributed by atoms with Gasteiger partial charge >= 0.3 is 0 Å². The molecular weight excluding hydrogens is 114 g/mol. The predicted octanol–water partition coefficient (Wildman–Crippen LogP) is 0.700. The van der Waals surface area contributed by atoms with Crippen molar-refractivity contribution < 1.29 is 0 Å². The minimum atomic E-state index is 0.858. The highest BCUT2D eigenvalue weighted by atomic mass is 15.2. The van der Waals surface area contributed by atoms with Gasteiger partial charge in [-0.2, -0.15) is 10.2 Å². The molecule has 2 aliphatic heterocycles. The molecule has 3 nitrogen and oxygen atoms in total. The second kappa shape index (κ2) is 1.92. The Morgan fingerprint density at radius 1 is 1.44 bits per heavy atom. The van der Waals surface area contributed by atoms with Crippen LogP contribution < -0.4 is 5.32 Å². The van der Waals surface area contributed by atoms with Crippen molar-refractivity contribution in [2.75, 3.05) is 19.6 Å². The van der Waals surface area contributed by atoms with Crippen LogP contribution in [-0.2, 0) is 0 Å². The largest absolute Gasteiger partial charge is 0.311 e. The molecule has 9 heavy (non-hydrogen) atoms. The Kier molecular flexibility index (Phi) is 1.09. The Morgan fingerprint density at radius 3 is 3.33 bits per heavy atom. The van der Waals surface area contributed by atoms with E-state index < -0.39 is 0 Å². The van der Waals surface area contributed by atoms with E-state index in [1.54, 1.807) is 0 Å². The van der Waals surface area contributed by atoms with Crippen LogP contribution in [0.15, 0.2) is 21.5 Å². The summed E-state index contributed by atoms with van der Waals surface area (Å²) in [4.78, 5) is 0. The number of nitrogens with zero attached hydrogens (tertiary/aromatic N) is 2. The maximum absolute atomic E-state index is 4.00. The van der Waals surface area contributed by atoms with Crippen LogP contribution in [0.4, 0.5) is 0 Å². The van der Waals surface area contributed by atoms with E-state index >= 15 is 0 Å². The second-order valence-electron chi connectivity index (χ2n) is 2.38. The number of azo groups is 1. The van der Waals surface area contributed by atoms with Crippen LogP contribution in [0.1, 0.15) is 6.42 Å². The first-order chi connectivity index (χ1) is 4.47. The number of rotatable bonds is 0. The van der Waals surface area contributed by atoms with Crippen molar-refractivity contribution >= 4 is 0 Å². The van der Waals surface area contributed by atoms with E-state index in [0.717, 1.165) is 26.1 Å². The molecule has 0 spiro atoms. The molecule has 0 saturated heterocycles. The average molecular weight is 123 g/mol. The summed E-state index contributed by atoms with van der Waals surface area (Å²) in [5.41, 5.74) is 2.62. The molecule has 48 valence electrons. The smallest absolute Gasteiger partial charge is 0.0835 e. The SMILES string of the molecule is C1CC2=C(CN1)N=NC2. The van der Waals surface area contributed by atoms with E-state index in [0.29, 0.717) is 0 Å². The molecule has 2 aliphatic rings. The van der Waals surface area contributed by atoms with Gasteiger partial charge in [0.25, 0.3) is 0 Å². The molecule has 0 aliphatic carbocycles. The van der Waals surface area contributed by atoms with Gasteiger partial charge in [0, 0.05) is 6.54 Å². The van der Waals surface area contributed by atoms with Crippen LogP contribution in [0, 0.1) is 0 Å². The van der Waals surface area contributed by atoms with Crippen molar-refractivity contribution in [2.45, 2.75) is 6.42 Å². The summed E-state index contributed by atoms with van der Waals surface area (Å²) in [6.07, 6.45) is 1.14. The molecule has 0 bridgehead atoms. The summed E-state index contributed by atoms with van der Waals surface area (Å²) >= 11 is 0. The van der Waals surface area contributed by atoms with E-state index in [9.17, 15) is 0 Å². The maximum atomic E-state index is 4.00. The van der Waals surface area contributed by atoms with E-state index in [1.165, 1.54) is 11.3 Å². The summed E-state index contributed by atoms with van der Waals surface area (Å²) in [6, 6.07) is 0. The molecule has 0 radical (unpaired) electrons. The molecule has 0 fully saturated rings. The van der Waals surface area contributed by atoms with Gasteiger partial charge in [-0.25, -0.2) is 0 Å². The van der Waals surface area contributed by atoms with Gasteiger partial charge in [-0.3, -0.25) is 0 Å². The van der Waals surface area contributed by atoms with E-state index in [2.05, 4.69) is 15.5 Å². The molecule has 0 amide bonds. The average Bonchev–Trinajstić information content (AvgIpc) is 2.33. The van der Waals surface area contributed by atoms with Gasteiger partial charge in [-0.05, 0) is 18.5 Å². The molecule has 0 aromatic heterocycles. The Labute approximate surface area is 53.9 Å². The molecule has 0 unspecified atom stereocenters. The van der Waals surface area contributed by atoms with E-state index in [-0.39, 0.29) is 0 Å². The lowest BCUT2D eigenvalue weighted by Gasteiger charge is -2.11. The van der Waals surface area contributed by atoms with E-state index in [1.807, 2.05) is 0 Å². The van der Waals surface area contributed by atoms with Crippen molar-refractivity contribution in [3.05, 3.63) is 11.3 Å². The lowest BCUT2D eigenvalue weighted by molar-refractivity contribution is 0.679. The molecule has 1 N–H and O–H groups in total. The van der Waals surface area contributed by atoms with Gasteiger partial charge in [0.2, 0.25) is 0 Å². The first-order valence-corrected chi connectivity index (χ1v) is 3.26. The van der Waals surface area contributed by atoms with Crippen molar-refractivity contribution in [1.82, 2.24) is 5.32 Å². The first kappa shape index (κ1) is 5.11. The zero-order valence-corrected chi connectivity index (χ0v) is 5.22. The second-order valence-corrected chi connectivity index (χ2v) is 2.38. The number of hydrogen-bond donors (Lipinski definition) is 1. The maximum Gasteiger partial charge on any atom is 0.0835 e. The minimum absolute atomic E-state index is 0.858. The van der Waals surface area contributed by atoms with Gasteiger partial charge < -0.3 is 5.32 Å².